The number of nitrogens with two attached hydrogens (primary N) is 1. The highest BCUT2D eigenvalue weighted by molar-refractivity contribution is 5.85. The molecule has 1 fully saturated rings. The summed E-state index contributed by atoms with van der Waals surface area (Å²) in [6.07, 6.45) is 6.80. The summed E-state index contributed by atoms with van der Waals surface area (Å²) in [4.78, 5) is 11.9. The van der Waals surface area contributed by atoms with Gasteiger partial charge < -0.3 is 10.7 Å². The third-order valence-corrected chi connectivity index (χ3v) is 3.19. The van der Waals surface area contributed by atoms with Gasteiger partial charge in [-0.3, -0.25) is 0 Å². The normalized spacial score (nSPS) is 16.8. The van der Waals surface area contributed by atoms with Gasteiger partial charge in [0.25, 0.3) is 0 Å². The summed E-state index contributed by atoms with van der Waals surface area (Å²) in [5.41, 5.74) is 6.72. The maximum atomic E-state index is 5.87. The molecule has 15 heavy (non-hydrogen) atoms. The summed E-state index contributed by atoms with van der Waals surface area (Å²) in [6.45, 7) is 0. The number of nitrogen functional groups attached to an aromatic ring is 1. The fourth-order valence-electron chi connectivity index (χ4n) is 2.06. The van der Waals surface area contributed by atoms with Gasteiger partial charge in [0.15, 0.2) is 0 Å². The van der Waals surface area contributed by atoms with Crippen molar-refractivity contribution in [2.24, 2.45) is 5.92 Å². The number of nitrogens with zero attached hydrogens (tertiary/aromatic N) is 2. The van der Waals surface area contributed by atoms with Gasteiger partial charge in [0.05, 0.1) is 5.39 Å². The van der Waals surface area contributed by atoms with Crippen molar-refractivity contribution in [3.05, 3.63) is 18.1 Å². The third kappa shape index (κ3) is 1.46. The molecule has 0 aliphatic heterocycles. The van der Waals surface area contributed by atoms with Crippen molar-refractivity contribution in [1.82, 2.24) is 15.0 Å². The van der Waals surface area contributed by atoms with Crippen LogP contribution in [-0.2, 0) is 6.42 Å². The maximum Gasteiger partial charge on any atom is 0.143 e. The summed E-state index contributed by atoms with van der Waals surface area (Å²) in [7, 11) is 0. The molecule has 0 saturated heterocycles. The molecule has 0 unspecified atom stereocenters. The first kappa shape index (κ1) is 8.71. The van der Waals surface area contributed by atoms with Crippen LogP contribution in [0.5, 0.6) is 0 Å². The highest BCUT2D eigenvalue weighted by atomic mass is 15.0. The van der Waals surface area contributed by atoms with E-state index < -0.39 is 0 Å². The minimum Gasteiger partial charge on any atom is -0.383 e. The van der Waals surface area contributed by atoms with Crippen LogP contribution in [0.15, 0.2) is 12.3 Å². The van der Waals surface area contributed by atoms with Gasteiger partial charge in [-0.05, 0) is 12.0 Å². The minimum atomic E-state index is 0.593. The molecule has 0 atom stereocenters. The smallest absolute Gasteiger partial charge is 0.143 e. The molecule has 2 aromatic heterocycles. The van der Waals surface area contributed by atoms with Gasteiger partial charge in [0.2, 0.25) is 0 Å². The fourth-order valence-corrected chi connectivity index (χ4v) is 2.06. The van der Waals surface area contributed by atoms with E-state index in [9.17, 15) is 0 Å². The summed E-state index contributed by atoms with van der Waals surface area (Å²) >= 11 is 0. The van der Waals surface area contributed by atoms with Crippen LogP contribution in [0.3, 0.4) is 0 Å². The molecule has 0 amide bonds. The lowest BCUT2D eigenvalue weighted by atomic mass is 9.83. The van der Waals surface area contributed by atoms with Crippen molar-refractivity contribution >= 4 is 16.9 Å². The van der Waals surface area contributed by atoms with Crippen molar-refractivity contribution in [2.75, 3.05) is 5.73 Å². The molecule has 78 valence electrons. The van der Waals surface area contributed by atoms with Crippen LogP contribution in [0.25, 0.3) is 11.0 Å². The van der Waals surface area contributed by atoms with E-state index in [2.05, 4.69) is 15.0 Å². The first-order valence-electron chi connectivity index (χ1n) is 5.42. The van der Waals surface area contributed by atoms with E-state index in [0.717, 1.165) is 29.2 Å². The Bertz CT molecular complexity index is 484. The monoisotopic (exact) mass is 202 g/mol. The Morgan fingerprint density at radius 1 is 1.40 bits per heavy atom. The van der Waals surface area contributed by atoms with Gasteiger partial charge in [-0.25, -0.2) is 9.97 Å². The predicted molar refractivity (Wildman–Crippen MR) is 59.3 cm³/mol. The van der Waals surface area contributed by atoms with E-state index in [1.54, 1.807) is 0 Å². The number of fused-ring (bicyclic) bond motifs is 1. The molecule has 0 aromatic carbocycles. The van der Waals surface area contributed by atoms with Gasteiger partial charge in [0.1, 0.15) is 17.3 Å². The fraction of sp³-hybridized carbons (Fsp3) is 0.455. The highest BCUT2D eigenvalue weighted by Gasteiger charge is 2.19. The highest BCUT2D eigenvalue weighted by Crippen LogP contribution is 2.29. The number of nitrogens with one attached hydrogen (secondary N) is 1. The lowest BCUT2D eigenvalue weighted by molar-refractivity contribution is 0.309. The van der Waals surface area contributed by atoms with E-state index in [1.165, 1.54) is 19.3 Å². The van der Waals surface area contributed by atoms with Crippen LogP contribution >= 0.6 is 0 Å². The van der Waals surface area contributed by atoms with Crippen LogP contribution in [0.2, 0.25) is 0 Å². The molecule has 1 aliphatic rings. The Morgan fingerprint density at radius 2 is 2.27 bits per heavy atom. The molecule has 1 aliphatic carbocycles. The average Bonchev–Trinajstić information content (AvgIpc) is 2.59. The molecule has 2 aromatic rings. The SMILES string of the molecule is Nc1nc(CC2CCC2)nc2[nH]ccc12. The number of H-pyrrole nitrogens is 1. The first-order chi connectivity index (χ1) is 7.33. The van der Waals surface area contributed by atoms with E-state index in [1.807, 2.05) is 12.3 Å². The Morgan fingerprint density at radius 3 is 3.00 bits per heavy atom. The van der Waals surface area contributed by atoms with Crippen molar-refractivity contribution in [2.45, 2.75) is 25.7 Å². The number of hydrogen-bond donors (Lipinski definition) is 2. The zero-order chi connectivity index (χ0) is 10.3. The molecular formula is C11H14N4. The summed E-state index contributed by atoms with van der Waals surface area (Å²) in [5, 5.41) is 0.923. The quantitative estimate of drug-likeness (QED) is 0.781. The van der Waals surface area contributed by atoms with Gasteiger partial charge in [-0.2, -0.15) is 0 Å². The average molecular weight is 202 g/mol. The minimum absolute atomic E-state index is 0.593. The van der Waals surface area contributed by atoms with Gasteiger partial charge in [0, 0.05) is 12.6 Å². The topological polar surface area (TPSA) is 67.6 Å². The molecule has 0 radical (unpaired) electrons. The second-order valence-corrected chi connectivity index (χ2v) is 4.27. The predicted octanol–water partition coefficient (Wildman–Crippen LogP) is 1.88. The Balaban J connectivity index is 1.96. The van der Waals surface area contributed by atoms with Crippen LogP contribution in [0.4, 0.5) is 5.82 Å². The van der Waals surface area contributed by atoms with Crippen LogP contribution in [0.1, 0.15) is 25.1 Å². The summed E-state index contributed by atoms with van der Waals surface area (Å²) < 4.78 is 0. The molecule has 4 nitrogen and oxygen atoms in total. The molecule has 3 N–H and O–H groups in total. The van der Waals surface area contributed by atoms with E-state index >= 15 is 0 Å². The molecular weight excluding hydrogens is 188 g/mol. The number of hydrogen-bond acceptors (Lipinski definition) is 3. The zero-order valence-corrected chi connectivity index (χ0v) is 8.53. The molecule has 4 heteroatoms. The summed E-state index contributed by atoms with van der Waals surface area (Å²) in [5.74, 6) is 2.25. The van der Waals surface area contributed by atoms with Crippen molar-refractivity contribution in [3.8, 4) is 0 Å². The second-order valence-electron chi connectivity index (χ2n) is 4.27. The second kappa shape index (κ2) is 3.22. The van der Waals surface area contributed by atoms with Crippen molar-refractivity contribution in [3.63, 3.8) is 0 Å². The van der Waals surface area contributed by atoms with E-state index in [0.29, 0.717) is 5.82 Å². The Hall–Kier alpha value is -1.58. The van der Waals surface area contributed by atoms with E-state index in [-0.39, 0.29) is 0 Å². The largest absolute Gasteiger partial charge is 0.383 e. The van der Waals surface area contributed by atoms with Crippen molar-refractivity contribution in [1.29, 1.82) is 0 Å². The van der Waals surface area contributed by atoms with Crippen LogP contribution in [-0.4, -0.2) is 15.0 Å². The standard InChI is InChI=1S/C11H14N4/c12-10-8-4-5-13-11(8)15-9(14-10)6-7-2-1-3-7/h4-5,7H,1-3,6H2,(H3,12,13,14,15). The van der Waals surface area contributed by atoms with Crippen LogP contribution < -0.4 is 5.73 Å². The zero-order valence-electron chi connectivity index (χ0n) is 8.53. The Kier molecular flexibility index (Phi) is 1.87. The third-order valence-electron chi connectivity index (χ3n) is 3.19. The maximum absolute atomic E-state index is 5.87. The number of anilines is 1. The Labute approximate surface area is 87.9 Å². The number of rotatable bonds is 2. The van der Waals surface area contributed by atoms with Gasteiger partial charge in [-0.1, -0.05) is 19.3 Å². The van der Waals surface area contributed by atoms with Crippen molar-refractivity contribution < 1.29 is 0 Å². The van der Waals surface area contributed by atoms with Crippen LogP contribution in [0, 0.1) is 5.92 Å². The molecule has 3 rings (SSSR count). The van der Waals surface area contributed by atoms with Gasteiger partial charge in [-0.15, -0.1) is 0 Å². The molecule has 0 spiro atoms. The summed E-state index contributed by atoms with van der Waals surface area (Å²) in [6, 6.07) is 1.91. The lowest BCUT2D eigenvalue weighted by Gasteiger charge is -2.24. The molecule has 1 saturated carbocycles. The number of aromatic nitrogens is 3. The molecule has 0 bridgehead atoms. The first-order valence-corrected chi connectivity index (χ1v) is 5.42. The van der Waals surface area contributed by atoms with Gasteiger partial charge >= 0.3 is 0 Å². The molecule has 2 heterocycles. The number of aromatic amines is 1. The van der Waals surface area contributed by atoms with E-state index in [4.69, 9.17) is 5.73 Å². The lowest BCUT2D eigenvalue weighted by Crippen LogP contribution is -2.15.